The Morgan fingerprint density at radius 2 is 1.62 bits per heavy atom. The largest absolute Gasteiger partial charge is 0.366 e. The van der Waals surface area contributed by atoms with Crippen LogP contribution in [0.4, 0.5) is 0 Å². The lowest BCUT2D eigenvalue weighted by molar-refractivity contribution is 0.0942. The fourth-order valence-electron chi connectivity index (χ4n) is 4.32. The Labute approximate surface area is 194 Å². The van der Waals surface area contributed by atoms with Gasteiger partial charge in [-0.1, -0.05) is 30.3 Å². The zero-order valence-corrected chi connectivity index (χ0v) is 18.7. The monoisotopic (exact) mass is 452 g/mol. The minimum absolute atomic E-state index is 0. The summed E-state index contributed by atoms with van der Waals surface area (Å²) in [4.78, 5) is 29.2. The fourth-order valence-corrected chi connectivity index (χ4v) is 4.32. The Morgan fingerprint density at radius 1 is 0.969 bits per heavy atom. The number of hydrogen-bond donors (Lipinski definition) is 3. The van der Waals surface area contributed by atoms with Gasteiger partial charge in [0.05, 0.1) is 16.8 Å². The van der Waals surface area contributed by atoms with Crippen molar-refractivity contribution in [1.29, 1.82) is 0 Å². The molecule has 1 aliphatic carbocycles. The quantitative estimate of drug-likeness (QED) is 0.526. The molecule has 1 fully saturated rings. The molecule has 0 bridgehead atoms. The van der Waals surface area contributed by atoms with E-state index in [1.165, 1.54) is 0 Å². The van der Waals surface area contributed by atoms with Crippen LogP contribution in [0.25, 0.3) is 22.2 Å². The SMILES string of the molecule is Cl.NCC1CCC(CNC(=O)c2cc(-c3ccc(C(N)=O)cc3)nc3ccccc23)CC1. The Hall–Kier alpha value is -2.96. The van der Waals surface area contributed by atoms with Crippen LogP contribution in [0.5, 0.6) is 0 Å². The number of amides is 2. The third-order valence-electron chi connectivity index (χ3n) is 6.28. The van der Waals surface area contributed by atoms with Gasteiger partial charge in [0.1, 0.15) is 0 Å². The number of nitrogens with zero attached hydrogens (tertiary/aromatic N) is 1. The lowest BCUT2D eigenvalue weighted by Gasteiger charge is -2.27. The second kappa shape index (κ2) is 10.6. The standard InChI is InChI=1S/C25H28N4O2.ClH/c26-14-16-5-7-17(8-6-16)15-28-25(31)21-13-23(29-22-4-2-1-3-20(21)22)18-9-11-19(12-10-18)24(27)30;/h1-4,9-13,16-17H,5-8,14-15,26H2,(H2,27,30)(H,28,31);1H. The van der Waals surface area contributed by atoms with Gasteiger partial charge in [0.15, 0.2) is 0 Å². The highest BCUT2D eigenvalue weighted by Crippen LogP contribution is 2.28. The van der Waals surface area contributed by atoms with E-state index >= 15 is 0 Å². The number of primary amides is 1. The van der Waals surface area contributed by atoms with E-state index < -0.39 is 5.91 Å². The van der Waals surface area contributed by atoms with Crippen molar-refractivity contribution in [3.63, 3.8) is 0 Å². The Kier molecular flexibility index (Phi) is 7.83. The molecule has 32 heavy (non-hydrogen) atoms. The second-order valence-corrected chi connectivity index (χ2v) is 8.35. The minimum atomic E-state index is -0.474. The Bertz CT molecular complexity index is 1090. The van der Waals surface area contributed by atoms with Crippen molar-refractivity contribution in [3.8, 4) is 11.3 Å². The summed E-state index contributed by atoms with van der Waals surface area (Å²) < 4.78 is 0. The van der Waals surface area contributed by atoms with Gasteiger partial charge in [0.25, 0.3) is 5.91 Å². The highest BCUT2D eigenvalue weighted by atomic mass is 35.5. The summed E-state index contributed by atoms with van der Waals surface area (Å²) in [5, 5.41) is 3.96. The maximum Gasteiger partial charge on any atom is 0.252 e. The molecule has 0 spiro atoms. The first-order valence-electron chi connectivity index (χ1n) is 10.8. The summed E-state index contributed by atoms with van der Waals surface area (Å²) in [6, 6.07) is 16.4. The highest BCUT2D eigenvalue weighted by Gasteiger charge is 2.21. The number of carbonyl (C=O) groups is 2. The zero-order chi connectivity index (χ0) is 21.8. The summed E-state index contributed by atoms with van der Waals surface area (Å²) in [7, 11) is 0. The first-order chi connectivity index (χ1) is 15.0. The van der Waals surface area contributed by atoms with Crippen molar-refractivity contribution in [1.82, 2.24) is 10.3 Å². The predicted octanol–water partition coefficient (Wildman–Crippen LogP) is 3.92. The number of carbonyl (C=O) groups excluding carboxylic acids is 2. The van der Waals surface area contributed by atoms with Crippen molar-refractivity contribution in [2.75, 3.05) is 13.1 Å². The van der Waals surface area contributed by atoms with E-state index in [4.69, 9.17) is 16.5 Å². The topological polar surface area (TPSA) is 111 Å². The lowest BCUT2D eigenvalue weighted by atomic mass is 9.82. The molecule has 2 aromatic carbocycles. The van der Waals surface area contributed by atoms with Crippen molar-refractivity contribution >= 4 is 35.1 Å². The number of hydrogen-bond acceptors (Lipinski definition) is 4. The number of nitrogens with two attached hydrogens (primary N) is 2. The number of fused-ring (bicyclic) bond motifs is 1. The second-order valence-electron chi connectivity index (χ2n) is 8.35. The first-order valence-corrected chi connectivity index (χ1v) is 10.8. The molecule has 1 saturated carbocycles. The van der Waals surface area contributed by atoms with Crippen LogP contribution in [0.1, 0.15) is 46.4 Å². The molecule has 6 nitrogen and oxygen atoms in total. The molecule has 1 heterocycles. The Morgan fingerprint density at radius 3 is 2.28 bits per heavy atom. The van der Waals surface area contributed by atoms with E-state index in [1.807, 2.05) is 30.3 Å². The molecule has 0 atom stereocenters. The van der Waals surface area contributed by atoms with Gasteiger partial charge < -0.3 is 16.8 Å². The highest BCUT2D eigenvalue weighted by molar-refractivity contribution is 6.07. The van der Waals surface area contributed by atoms with Gasteiger partial charge in [-0.25, -0.2) is 4.98 Å². The molecule has 0 radical (unpaired) electrons. The van der Waals surface area contributed by atoms with E-state index in [9.17, 15) is 9.59 Å². The van der Waals surface area contributed by atoms with Crippen molar-refractivity contribution in [3.05, 3.63) is 65.7 Å². The van der Waals surface area contributed by atoms with Gasteiger partial charge in [0.2, 0.25) is 5.91 Å². The smallest absolute Gasteiger partial charge is 0.252 e. The average molecular weight is 453 g/mol. The molecule has 0 saturated heterocycles. The van der Waals surface area contributed by atoms with E-state index in [0.29, 0.717) is 35.2 Å². The first kappa shape index (κ1) is 23.7. The third kappa shape index (κ3) is 5.26. The third-order valence-corrected chi connectivity index (χ3v) is 6.28. The summed E-state index contributed by atoms with van der Waals surface area (Å²) in [6.07, 6.45) is 4.49. The number of benzene rings is 2. The molecular formula is C25H29ClN4O2. The predicted molar refractivity (Wildman–Crippen MR) is 130 cm³/mol. The van der Waals surface area contributed by atoms with Crippen molar-refractivity contribution in [2.24, 2.45) is 23.3 Å². The summed E-state index contributed by atoms with van der Waals surface area (Å²) in [5.41, 5.74) is 14.4. The molecule has 4 rings (SSSR count). The Balaban J connectivity index is 0.00000289. The van der Waals surface area contributed by atoms with Gasteiger partial charge in [-0.05, 0) is 68.3 Å². The summed E-state index contributed by atoms with van der Waals surface area (Å²) in [6.45, 7) is 1.43. The molecule has 3 aromatic rings. The van der Waals surface area contributed by atoms with Crippen LogP contribution >= 0.6 is 12.4 Å². The van der Waals surface area contributed by atoms with Crippen LogP contribution in [0.2, 0.25) is 0 Å². The van der Waals surface area contributed by atoms with E-state index in [-0.39, 0.29) is 18.3 Å². The van der Waals surface area contributed by atoms with Crippen molar-refractivity contribution in [2.45, 2.75) is 25.7 Å². The zero-order valence-electron chi connectivity index (χ0n) is 17.9. The van der Waals surface area contributed by atoms with Crippen LogP contribution < -0.4 is 16.8 Å². The number of halogens is 1. The minimum Gasteiger partial charge on any atom is -0.366 e. The normalized spacial score (nSPS) is 18.0. The lowest BCUT2D eigenvalue weighted by Crippen LogP contribution is -2.32. The maximum absolute atomic E-state index is 13.1. The number of aromatic nitrogens is 1. The number of nitrogens with one attached hydrogen (secondary N) is 1. The maximum atomic E-state index is 13.1. The van der Waals surface area contributed by atoms with Gasteiger partial charge in [-0.3, -0.25) is 9.59 Å². The fraction of sp³-hybridized carbons (Fsp3) is 0.320. The molecule has 7 heteroatoms. The molecule has 1 aromatic heterocycles. The molecule has 5 N–H and O–H groups in total. The van der Waals surface area contributed by atoms with Crippen LogP contribution in [0, 0.1) is 11.8 Å². The van der Waals surface area contributed by atoms with Gasteiger partial charge in [-0.2, -0.15) is 0 Å². The molecule has 0 aliphatic heterocycles. The van der Waals surface area contributed by atoms with Gasteiger partial charge in [-0.15, -0.1) is 12.4 Å². The number of pyridine rings is 1. The number of rotatable bonds is 6. The average Bonchev–Trinajstić information content (AvgIpc) is 2.82. The molecule has 168 valence electrons. The van der Waals surface area contributed by atoms with Gasteiger partial charge >= 0.3 is 0 Å². The van der Waals surface area contributed by atoms with Crippen LogP contribution in [0.3, 0.4) is 0 Å². The number of para-hydroxylation sites is 1. The molecule has 2 amide bonds. The van der Waals surface area contributed by atoms with E-state index in [0.717, 1.165) is 48.7 Å². The summed E-state index contributed by atoms with van der Waals surface area (Å²) in [5.74, 6) is 0.563. The van der Waals surface area contributed by atoms with Crippen molar-refractivity contribution < 1.29 is 9.59 Å². The summed E-state index contributed by atoms with van der Waals surface area (Å²) >= 11 is 0. The van der Waals surface area contributed by atoms with Crippen LogP contribution in [-0.2, 0) is 0 Å². The van der Waals surface area contributed by atoms with Crippen LogP contribution in [0.15, 0.2) is 54.6 Å². The molecule has 1 aliphatic rings. The van der Waals surface area contributed by atoms with Crippen LogP contribution in [-0.4, -0.2) is 29.9 Å². The van der Waals surface area contributed by atoms with E-state index in [1.54, 1.807) is 24.3 Å². The molecule has 0 unspecified atom stereocenters. The van der Waals surface area contributed by atoms with E-state index in [2.05, 4.69) is 5.32 Å². The van der Waals surface area contributed by atoms with Gasteiger partial charge in [0, 0.05) is 23.1 Å². The molecular weight excluding hydrogens is 424 g/mol.